The van der Waals surface area contributed by atoms with E-state index in [1.54, 1.807) is 0 Å². The van der Waals surface area contributed by atoms with E-state index < -0.39 is 0 Å². The average Bonchev–Trinajstić information content (AvgIpc) is 2.54. The molecule has 0 spiro atoms. The number of esters is 1. The molecule has 3 heteroatoms. The molecule has 0 aliphatic carbocycles. The van der Waals surface area contributed by atoms with Crippen molar-refractivity contribution < 1.29 is 14.0 Å². The summed E-state index contributed by atoms with van der Waals surface area (Å²) in [4.78, 5) is 12.0. The van der Waals surface area contributed by atoms with Crippen molar-refractivity contribution in [3.63, 3.8) is 0 Å². The Morgan fingerprint density at radius 3 is 1.83 bits per heavy atom. The first-order valence-corrected chi connectivity index (χ1v) is 9.86. The summed E-state index contributed by atoms with van der Waals surface area (Å²) in [5.41, 5.74) is 0. The number of hydrogen-bond donors (Lipinski definition) is 0. The number of quaternary nitrogens is 1. The summed E-state index contributed by atoms with van der Waals surface area (Å²) < 4.78 is 5.86. The summed E-state index contributed by atoms with van der Waals surface area (Å²) in [6.07, 6.45) is 15.7. The van der Waals surface area contributed by atoms with E-state index in [4.69, 9.17) is 4.74 Å². The number of hydrogen-bond acceptors (Lipinski definition) is 2. The van der Waals surface area contributed by atoms with Crippen LogP contribution in [-0.4, -0.2) is 43.2 Å². The zero-order valence-corrected chi connectivity index (χ0v) is 16.2. The van der Waals surface area contributed by atoms with Crippen molar-refractivity contribution in [2.75, 3.05) is 32.8 Å². The number of unbranched alkanes of at least 4 members (excludes halogenated alkanes) is 8. The minimum absolute atomic E-state index is 0.114. The maximum Gasteiger partial charge on any atom is 0.361 e. The molecule has 24 heavy (non-hydrogen) atoms. The molecule has 0 saturated heterocycles. The number of ether oxygens (including phenoxy) is 1. The van der Waals surface area contributed by atoms with Gasteiger partial charge in [-0.15, -0.1) is 0 Å². The molecule has 0 amide bonds. The second-order valence-electron chi connectivity index (χ2n) is 6.80. The molecular weight excluding hydrogens is 298 g/mol. The summed E-state index contributed by atoms with van der Waals surface area (Å²) in [5.74, 6) is -0.114. The van der Waals surface area contributed by atoms with E-state index in [0.29, 0.717) is 17.6 Å². The van der Waals surface area contributed by atoms with Gasteiger partial charge in [0.25, 0.3) is 0 Å². The highest BCUT2D eigenvalue weighted by Gasteiger charge is 2.28. The van der Waals surface area contributed by atoms with Crippen LogP contribution in [0.1, 0.15) is 71.6 Å². The monoisotopic (exact) mass is 338 g/mol. The predicted octanol–water partition coefficient (Wildman–Crippen LogP) is 5.27. The number of carbonyl (C=O) groups is 1. The standard InChI is InChI=1S/C21H40NO2/c1-5-9-10-11-12-13-14-15-16-19-22(17-6-2,18-7-3)20-21(23)24-8-4/h6-7H,2-3,5,8-20H2,1,4H3/q+1. The zero-order chi connectivity index (χ0) is 18.1. The molecule has 0 radical (unpaired) electrons. The molecule has 0 N–H and O–H groups in total. The Kier molecular flexibility index (Phi) is 14.7. The first kappa shape index (κ1) is 22.9. The minimum atomic E-state index is -0.114. The van der Waals surface area contributed by atoms with Gasteiger partial charge < -0.3 is 9.22 Å². The molecule has 0 fully saturated rings. The van der Waals surface area contributed by atoms with Gasteiger partial charge in [-0.3, -0.25) is 0 Å². The van der Waals surface area contributed by atoms with Crippen molar-refractivity contribution >= 4 is 5.97 Å². The average molecular weight is 339 g/mol. The molecule has 0 saturated carbocycles. The fourth-order valence-corrected chi connectivity index (χ4v) is 3.25. The van der Waals surface area contributed by atoms with Crippen LogP contribution in [0.2, 0.25) is 0 Å². The Balaban J connectivity index is 4.18. The van der Waals surface area contributed by atoms with Gasteiger partial charge in [0.15, 0.2) is 6.54 Å². The summed E-state index contributed by atoms with van der Waals surface area (Å²) >= 11 is 0. The van der Waals surface area contributed by atoms with Crippen molar-refractivity contribution in [1.29, 1.82) is 0 Å². The molecule has 3 nitrogen and oxygen atoms in total. The van der Waals surface area contributed by atoms with E-state index in [2.05, 4.69) is 20.1 Å². The maximum absolute atomic E-state index is 12.0. The Hall–Kier alpha value is -1.09. The van der Waals surface area contributed by atoms with Gasteiger partial charge in [0, 0.05) is 0 Å². The van der Waals surface area contributed by atoms with E-state index in [1.165, 1.54) is 51.4 Å². The van der Waals surface area contributed by atoms with Crippen LogP contribution in [0.3, 0.4) is 0 Å². The van der Waals surface area contributed by atoms with Crippen molar-refractivity contribution in [1.82, 2.24) is 0 Å². The molecule has 0 aromatic heterocycles. The van der Waals surface area contributed by atoms with E-state index in [-0.39, 0.29) is 5.97 Å². The van der Waals surface area contributed by atoms with E-state index in [1.807, 2.05) is 19.1 Å². The van der Waals surface area contributed by atoms with E-state index in [0.717, 1.165) is 26.1 Å². The molecule has 0 aromatic rings. The van der Waals surface area contributed by atoms with Crippen molar-refractivity contribution in [3.8, 4) is 0 Å². The van der Waals surface area contributed by atoms with Gasteiger partial charge in [-0.25, -0.2) is 4.79 Å². The van der Waals surface area contributed by atoms with Crippen molar-refractivity contribution in [2.45, 2.75) is 71.6 Å². The SMILES string of the molecule is C=CC[N+](CC=C)(CCCCCCCCCCC)CC(=O)OCC. The lowest BCUT2D eigenvalue weighted by atomic mass is 10.1. The predicted molar refractivity (Wildman–Crippen MR) is 104 cm³/mol. The maximum atomic E-state index is 12.0. The lowest BCUT2D eigenvalue weighted by Crippen LogP contribution is -2.52. The summed E-state index contributed by atoms with van der Waals surface area (Å²) in [6.45, 7) is 15.3. The van der Waals surface area contributed by atoms with E-state index >= 15 is 0 Å². The van der Waals surface area contributed by atoms with Gasteiger partial charge >= 0.3 is 5.97 Å². The Morgan fingerprint density at radius 2 is 1.38 bits per heavy atom. The molecule has 140 valence electrons. The molecule has 0 aliphatic heterocycles. The van der Waals surface area contributed by atoms with Crippen LogP contribution >= 0.6 is 0 Å². The normalized spacial score (nSPS) is 11.2. The third kappa shape index (κ3) is 11.4. The lowest BCUT2D eigenvalue weighted by molar-refractivity contribution is -0.910. The van der Waals surface area contributed by atoms with Crippen LogP contribution in [0, 0.1) is 0 Å². The molecule has 0 aromatic carbocycles. The first-order chi connectivity index (χ1) is 11.6. The topological polar surface area (TPSA) is 26.3 Å². The second kappa shape index (κ2) is 15.4. The number of nitrogens with zero attached hydrogens (tertiary/aromatic N) is 1. The minimum Gasteiger partial charge on any atom is -0.462 e. The quantitative estimate of drug-likeness (QED) is 0.156. The summed E-state index contributed by atoms with van der Waals surface area (Å²) in [7, 11) is 0. The Morgan fingerprint density at radius 1 is 0.875 bits per heavy atom. The van der Waals surface area contributed by atoms with Gasteiger partial charge in [0.05, 0.1) is 26.2 Å². The molecule has 0 heterocycles. The van der Waals surface area contributed by atoms with Crippen LogP contribution in [0.25, 0.3) is 0 Å². The van der Waals surface area contributed by atoms with Crippen LogP contribution in [-0.2, 0) is 9.53 Å². The second-order valence-corrected chi connectivity index (χ2v) is 6.80. The van der Waals surface area contributed by atoms with Crippen molar-refractivity contribution in [3.05, 3.63) is 25.3 Å². The van der Waals surface area contributed by atoms with Gasteiger partial charge in [-0.2, -0.15) is 0 Å². The molecule has 0 aliphatic rings. The largest absolute Gasteiger partial charge is 0.462 e. The van der Waals surface area contributed by atoms with Crippen LogP contribution < -0.4 is 0 Å². The van der Waals surface area contributed by atoms with Crippen molar-refractivity contribution in [2.24, 2.45) is 0 Å². The Labute approximate surface area is 150 Å². The molecule has 0 bridgehead atoms. The summed E-state index contributed by atoms with van der Waals surface area (Å²) in [5, 5.41) is 0. The third-order valence-corrected chi connectivity index (χ3v) is 4.54. The molecule has 0 unspecified atom stereocenters. The zero-order valence-electron chi connectivity index (χ0n) is 16.2. The fraction of sp³-hybridized carbons (Fsp3) is 0.762. The molecular formula is C21H40NO2+. The van der Waals surface area contributed by atoms with Crippen LogP contribution in [0.5, 0.6) is 0 Å². The third-order valence-electron chi connectivity index (χ3n) is 4.54. The highest BCUT2D eigenvalue weighted by molar-refractivity contribution is 5.70. The van der Waals surface area contributed by atoms with Gasteiger partial charge in [0.1, 0.15) is 0 Å². The lowest BCUT2D eigenvalue weighted by Gasteiger charge is -2.36. The van der Waals surface area contributed by atoms with Gasteiger partial charge in [-0.1, -0.05) is 65.0 Å². The van der Waals surface area contributed by atoms with E-state index in [9.17, 15) is 4.79 Å². The molecule has 0 rings (SSSR count). The Bertz CT molecular complexity index is 329. The number of carbonyl (C=O) groups excluding carboxylic acids is 1. The smallest absolute Gasteiger partial charge is 0.361 e. The van der Waals surface area contributed by atoms with Gasteiger partial charge in [0.2, 0.25) is 0 Å². The number of rotatable bonds is 17. The van der Waals surface area contributed by atoms with Gasteiger partial charge in [-0.05, 0) is 31.9 Å². The molecule has 0 atom stereocenters. The first-order valence-electron chi connectivity index (χ1n) is 9.86. The highest BCUT2D eigenvalue weighted by Crippen LogP contribution is 2.14. The fourth-order valence-electron chi connectivity index (χ4n) is 3.25. The highest BCUT2D eigenvalue weighted by atomic mass is 16.5. The van der Waals surface area contributed by atoms with Crippen LogP contribution in [0.15, 0.2) is 25.3 Å². The van der Waals surface area contributed by atoms with Crippen LogP contribution in [0.4, 0.5) is 0 Å². The summed E-state index contributed by atoms with van der Waals surface area (Å²) in [6, 6.07) is 0.